The van der Waals surface area contributed by atoms with Gasteiger partial charge in [-0.15, -0.1) is 0 Å². The Labute approximate surface area is 108 Å². The summed E-state index contributed by atoms with van der Waals surface area (Å²) in [6.07, 6.45) is 3.56. The third-order valence-corrected chi connectivity index (χ3v) is 3.62. The molecule has 1 N–H and O–H groups in total. The first-order valence-corrected chi connectivity index (χ1v) is 6.73. The van der Waals surface area contributed by atoms with E-state index < -0.39 is 5.97 Å². The summed E-state index contributed by atoms with van der Waals surface area (Å²) in [5, 5.41) is 8.93. The lowest BCUT2D eigenvalue weighted by Gasteiger charge is -2.39. The van der Waals surface area contributed by atoms with Gasteiger partial charge in [0, 0.05) is 19.6 Å². The first-order chi connectivity index (χ1) is 8.69. The van der Waals surface area contributed by atoms with Gasteiger partial charge in [0.05, 0.1) is 5.56 Å². The highest BCUT2D eigenvalue weighted by molar-refractivity contribution is 5.87. The topological polar surface area (TPSA) is 40.5 Å². The fourth-order valence-corrected chi connectivity index (χ4v) is 2.60. The molecule has 1 saturated heterocycles. The quantitative estimate of drug-likeness (QED) is 0.840. The van der Waals surface area contributed by atoms with Gasteiger partial charge in [0.2, 0.25) is 0 Å². The second-order valence-corrected chi connectivity index (χ2v) is 5.17. The van der Waals surface area contributed by atoms with E-state index in [0.717, 1.165) is 24.4 Å². The molecule has 1 aromatic carbocycles. The van der Waals surface area contributed by atoms with E-state index in [2.05, 4.69) is 11.8 Å². The molecule has 3 nitrogen and oxygen atoms in total. The van der Waals surface area contributed by atoms with E-state index >= 15 is 0 Å². The molecule has 0 unspecified atom stereocenters. The highest BCUT2D eigenvalue weighted by atomic mass is 16.4. The third-order valence-electron chi connectivity index (χ3n) is 3.62. The lowest BCUT2D eigenvalue weighted by molar-refractivity contribution is 0.0696. The number of carbonyl (C=O) groups is 1. The summed E-state index contributed by atoms with van der Waals surface area (Å²) in [4.78, 5) is 13.3. The predicted molar refractivity (Wildman–Crippen MR) is 71.9 cm³/mol. The molecule has 0 atom stereocenters. The standard InChI is InChI=1S/C15H21NO2/c1-2-4-13-10-16(11-13)8-7-12-5-3-6-14(9-12)15(17)18/h3,5-6,9,13H,2,4,7-8,10-11H2,1H3,(H,17,18). The Kier molecular flexibility index (Phi) is 4.37. The van der Waals surface area contributed by atoms with E-state index in [-0.39, 0.29) is 0 Å². The predicted octanol–water partition coefficient (Wildman–Crippen LogP) is 2.66. The van der Waals surface area contributed by atoms with E-state index in [0.29, 0.717) is 5.56 Å². The Hall–Kier alpha value is -1.35. The molecule has 0 aromatic heterocycles. The van der Waals surface area contributed by atoms with Crippen LogP contribution in [0.3, 0.4) is 0 Å². The van der Waals surface area contributed by atoms with Gasteiger partial charge in [0.25, 0.3) is 0 Å². The van der Waals surface area contributed by atoms with Crippen molar-refractivity contribution < 1.29 is 9.90 Å². The van der Waals surface area contributed by atoms with Gasteiger partial charge in [-0.25, -0.2) is 4.79 Å². The van der Waals surface area contributed by atoms with Crippen molar-refractivity contribution in [1.29, 1.82) is 0 Å². The van der Waals surface area contributed by atoms with Crippen LogP contribution in [0.2, 0.25) is 0 Å². The second kappa shape index (κ2) is 6.01. The zero-order valence-corrected chi connectivity index (χ0v) is 10.9. The number of likely N-dealkylation sites (tertiary alicyclic amines) is 1. The maximum atomic E-state index is 10.9. The molecule has 1 heterocycles. The molecule has 0 bridgehead atoms. The molecule has 3 heteroatoms. The Balaban J connectivity index is 1.77. The number of benzene rings is 1. The van der Waals surface area contributed by atoms with Crippen LogP contribution in [0.15, 0.2) is 24.3 Å². The number of carboxylic acid groups (broad SMARTS) is 1. The molecule has 18 heavy (non-hydrogen) atoms. The summed E-state index contributed by atoms with van der Waals surface area (Å²) in [5.41, 5.74) is 1.51. The monoisotopic (exact) mass is 247 g/mol. The second-order valence-electron chi connectivity index (χ2n) is 5.17. The minimum Gasteiger partial charge on any atom is -0.478 e. The van der Waals surface area contributed by atoms with Crippen molar-refractivity contribution >= 4 is 5.97 Å². The molecule has 0 aliphatic carbocycles. The van der Waals surface area contributed by atoms with Crippen LogP contribution in [0.4, 0.5) is 0 Å². The summed E-state index contributed by atoms with van der Waals surface area (Å²) in [6, 6.07) is 7.27. The van der Waals surface area contributed by atoms with Crippen LogP contribution in [0, 0.1) is 5.92 Å². The lowest BCUT2D eigenvalue weighted by Crippen LogP contribution is -2.47. The van der Waals surface area contributed by atoms with Gasteiger partial charge in [-0.1, -0.05) is 25.5 Å². The molecule has 0 radical (unpaired) electrons. The molecule has 1 aromatic rings. The molecule has 0 saturated carbocycles. The number of hydrogen-bond acceptors (Lipinski definition) is 2. The number of nitrogens with zero attached hydrogens (tertiary/aromatic N) is 1. The number of carboxylic acids is 1. The molecule has 2 rings (SSSR count). The Morgan fingerprint density at radius 1 is 1.44 bits per heavy atom. The summed E-state index contributed by atoms with van der Waals surface area (Å²) >= 11 is 0. The molecular formula is C15H21NO2. The molecule has 0 amide bonds. The maximum absolute atomic E-state index is 10.9. The van der Waals surface area contributed by atoms with Crippen LogP contribution in [0.25, 0.3) is 0 Å². The largest absolute Gasteiger partial charge is 0.478 e. The molecule has 0 spiro atoms. The van der Waals surface area contributed by atoms with Crippen LogP contribution in [-0.4, -0.2) is 35.6 Å². The number of aromatic carboxylic acids is 1. The van der Waals surface area contributed by atoms with Crippen molar-refractivity contribution in [2.24, 2.45) is 5.92 Å². The summed E-state index contributed by atoms with van der Waals surface area (Å²) in [6.45, 7) is 5.71. The fourth-order valence-electron chi connectivity index (χ4n) is 2.60. The zero-order chi connectivity index (χ0) is 13.0. The van der Waals surface area contributed by atoms with Crippen LogP contribution >= 0.6 is 0 Å². The molecule has 1 aliphatic heterocycles. The number of hydrogen-bond donors (Lipinski definition) is 1. The average molecular weight is 247 g/mol. The smallest absolute Gasteiger partial charge is 0.335 e. The van der Waals surface area contributed by atoms with Crippen molar-refractivity contribution in [1.82, 2.24) is 4.90 Å². The maximum Gasteiger partial charge on any atom is 0.335 e. The van der Waals surface area contributed by atoms with E-state index in [1.165, 1.54) is 25.9 Å². The molecule has 1 aliphatic rings. The van der Waals surface area contributed by atoms with Crippen molar-refractivity contribution in [3.63, 3.8) is 0 Å². The van der Waals surface area contributed by atoms with Crippen LogP contribution in [0.1, 0.15) is 35.7 Å². The summed E-state index contributed by atoms with van der Waals surface area (Å²) < 4.78 is 0. The minimum atomic E-state index is -0.844. The zero-order valence-electron chi connectivity index (χ0n) is 10.9. The van der Waals surface area contributed by atoms with E-state index in [4.69, 9.17) is 5.11 Å². The summed E-state index contributed by atoms with van der Waals surface area (Å²) in [5.74, 6) is 0.0455. The van der Waals surface area contributed by atoms with Gasteiger partial charge < -0.3 is 10.0 Å². The minimum absolute atomic E-state index is 0.389. The normalized spacial score (nSPS) is 16.5. The van der Waals surface area contributed by atoms with Gasteiger partial charge in [-0.2, -0.15) is 0 Å². The van der Waals surface area contributed by atoms with Gasteiger partial charge in [-0.3, -0.25) is 0 Å². The van der Waals surface area contributed by atoms with Crippen molar-refractivity contribution in [2.45, 2.75) is 26.2 Å². The van der Waals surface area contributed by atoms with E-state index in [1.807, 2.05) is 12.1 Å². The molecular weight excluding hydrogens is 226 g/mol. The van der Waals surface area contributed by atoms with Gasteiger partial charge in [0.15, 0.2) is 0 Å². The van der Waals surface area contributed by atoms with Gasteiger partial charge in [-0.05, 0) is 36.5 Å². The highest BCUT2D eigenvalue weighted by Crippen LogP contribution is 2.20. The Morgan fingerprint density at radius 3 is 2.89 bits per heavy atom. The van der Waals surface area contributed by atoms with E-state index in [9.17, 15) is 4.79 Å². The lowest BCUT2D eigenvalue weighted by atomic mass is 9.94. The fraction of sp³-hybridized carbons (Fsp3) is 0.533. The highest BCUT2D eigenvalue weighted by Gasteiger charge is 2.24. The van der Waals surface area contributed by atoms with Crippen LogP contribution in [0.5, 0.6) is 0 Å². The molecule has 1 fully saturated rings. The summed E-state index contributed by atoms with van der Waals surface area (Å²) in [7, 11) is 0. The SMILES string of the molecule is CCCC1CN(CCc2cccc(C(=O)O)c2)C1. The average Bonchev–Trinajstić information content (AvgIpc) is 2.32. The Bertz CT molecular complexity index is 411. The van der Waals surface area contributed by atoms with Crippen molar-refractivity contribution in [3.05, 3.63) is 35.4 Å². The van der Waals surface area contributed by atoms with E-state index in [1.54, 1.807) is 12.1 Å². The first-order valence-electron chi connectivity index (χ1n) is 6.73. The van der Waals surface area contributed by atoms with Gasteiger partial charge >= 0.3 is 5.97 Å². The van der Waals surface area contributed by atoms with Crippen LogP contribution < -0.4 is 0 Å². The van der Waals surface area contributed by atoms with Crippen LogP contribution in [-0.2, 0) is 6.42 Å². The molecule has 98 valence electrons. The van der Waals surface area contributed by atoms with Gasteiger partial charge in [0.1, 0.15) is 0 Å². The Morgan fingerprint density at radius 2 is 2.22 bits per heavy atom. The third kappa shape index (κ3) is 3.33. The van der Waals surface area contributed by atoms with Crippen molar-refractivity contribution in [3.8, 4) is 0 Å². The van der Waals surface area contributed by atoms with Crippen molar-refractivity contribution in [2.75, 3.05) is 19.6 Å². The first kappa shape index (κ1) is 13.1. The number of rotatable bonds is 6.